The summed E-state index contributed by atoms with van der Waals surface area (Å²) in [6.07, 6.45) is 3.09. The van der Waals surface area contributed by atoms with Gasteiger partial charge in [0, 0.05) is 55.9 Å². The number of hydrogen-bond acceptors (Lipinski definition) is 2. The van der Waals surface area contributed by atoms with Crippen LogP contribution in [0.2, 0.25) is 0 Å². The normalized spacial score (nSPS) is 16.2. The first-order chi connectivity index (χ1) is 12.8. The Morgan fingerprint density at radius 2 is 1.58 bits per heavy atom. The third-order valence-corrected chi connectivity index (χ3v) is 5.41. The monoisotopic (exact) mass is 345 g/mol. The SMILES string of the molecule is C=CCN1CCN(CCc2c(-c3ccccc3)[nH]c3ccccc23)CC1. The van der Waals surface area contributed by atoms with Crippen LogP contribution in [0.15, 0.2) is 67.3 Å². The summed E-state index contributed by atoms with van der Waals surface area (Å²) in [5.74, 6) is 0. The Balaban J connectivity index is 1.53. The van der Waals surface area contributed by atoms with Crippen molar-refractivity contribution in [1.82, 2.24) is 14.8 Å². The molecule has 4 rings (SSSR count). The molecule has 0 atom stereocenters. The van der Waals surface area contributed by atoms with Crippen LogP contribution in [-0.2, 0) is 6.42 Å². The molecule has 3 heteroatoms. The predicted molar refractivity (Wildman–Crippen MR) is 111 cm³/mol. The molecule has 1 fully saturated rings. The van der Waals surface area contributed by atoms with Crippen molar-refractivity contribution in [2.75, 3.05) is 39.3 Å². The van der Waals surface area contributed by atoms with Gasteiger partial charge in [-0.25, -0.2) is 0 Å². The van der Waals surface area contributed by atoms with Crippen molar-refractivity contribution in [3.8, 4) is 11.3 Å². The summed E-state index contributed by atoms with van der Waals surface area (Å²) < 4.78 is 0. The zero-order chi connectivity index (χ0) is 17.8. The van der Waals surface area contributed by atoms with Crippen LogP contribution in [0.3, 0.4) is 0 Å². The van der Waals surface area contributed by atoms with E-state index in [0.29, 0.717) is 0 Å². The van der Waals surface area contributed by atoms with Gasteiger partial charge < -0.3 is 9.88 Å². The lowest BCUT2D eigenvalue weighted by molar-refractivity contribution is 0.144. The van der Waals surface area contributed by atoms with E-state index in [4.69, 9.17) is 0 Å². The molecule has 26 heavy (non-hydrogen) atoms. The molecule has 134 valence electrons. The summed E-state index contributed by atoms with van der Waals surface area (Å²) >= 11 is 0. The standard InChI is InChI=1S/C23H27N3/c1-2-13-25-15-17-26(18-16-25)14-12-21-20-10-6-7-11-22(20)24-23(21)19-8-4-3-5-9-19/h2-11,24H,1,12-18H2. The lowest BCUT2D eigenvalue weighted by Gasteiger charge is -2.34. The van der Waals surface area contributed by atoms with E-state index in [1.807, 2.05) is 6.08 Å². The third kappa shape index (κ3) is 3.59. The average molecular weight is 345 g/mol. The molecule has 3 nitrogen and oxygen atoms in total. The number of piperazine rings is 1. The minimum Gasteiger partial charge on any atom is -0.354 e. The van der Waals surface area contributed by atoms with E-state index in [2.05, 4.69) is 76.0 Å². The van der Waals surface area contributed by atoms with Crippen LogP contribution in [0.5, 0.6) is 0 Å². The second-order valence-electron chi connectivity index (χ2n) is 7.07. The maximum absolute atomic E-state index is 3.85. The Morgan fingerprint density at radius 3 is 2.35 bits per heavy atom. The number of aromatic amines is 1. The Hall–Kier alpha value is -2.36. The Labute approximate surface area is 155 Å². The van der Waals surface area contributed by atoms with Gasteiger partial charge in [-0.3, -0.25) is 4.90 Å². The van der Waals surface area contributed by atoms with Gasteiger partial charge in [-0.1, -0.05) is 54.6 Å². The van der Waals surface area contributed by atoms with Crippen LogP contribution >= 0.6 is 0 Å². The second kappa shape index (κ2) is 7.90. The van der Waals surface area contributed by atoms with Crippen LogP contribution in [0.25, 0.3) is 22.2 Å². The minimum absolute atomic E-state index is 1.01. The van der Waals surface area contributed by atoms with Gasteiger partial charge in [0.05, 0.1) is 0 Å². The van der Waals surface area contributed by atoms with E-state index in [0.717, 1.165) is 45.7 Å². The molecular weight excluding hydrogens is 318 g/mol. The molecule has 2 aromatic carbocycles. The average Bonchev–Trinajstić information content (AvgIpc) is 3.07. The summed E-state index contributed by atoms with van der Waals surface area (Å²) in [6.45, 7) is 10.6. The van der Waals surface area contributed by atoms with Crippen molar-refractivity contribution in [2.45, 2.75) is 6.42 Å². The van der Waals surface area contributed by atoms with Gasteiger partial charge in [-0.2, -0.15) is 0 Å². The number of benzene rings is 2. The van der Waals surface area contributed by atoms with Crippen molar-refractivity contribution in [2.24, 2.45) is 0 Å². The smallest absolute Gasteiger partial charge is 0.0497 e. The highest BCUT2D eigenvalue weighted by atomic mass is 15.3. The van der Waals surface area contributed by atoms with E-state index >= 15 is 0 Å². The number of nitrogens with zero attached hydrogens (tertiary/aromatic N) is 2. The van der Waals surface area contributed by atoms with Crippen LogP contribution in [-0.4, -0.2) is 54.1 Å². The molecule has 0 radical (unpaired) electrons. The zero-order valence-corrected chi connectivity index (χ0v) is 15.3. The molecule has 0 spiro atoms. The Morgan fingerprint density at radius 1 is 0.885 bits per heavy atom. The van der Waals surface area contributed by atoms with Gasteiger partial charge in [0.15, 0.2) is 0 Å². The third-order valence-electron chi connectivity index (χ3n) is 5.41. The first-order valence-corrected chi connectivity index (χ1v) is 9.56. The lowest BCUT2D eigenvalue weighted by atomic mass is 10.0. The van der Waals surface area contributed by atoms with Crippen molar-refractivity contribution in [1.29, 1.82) is 0 Å². The number of H-pyrrole nitrogens is 1. The molecule has 0 unspecified atom stereocenters. The van der Waals surface area contributed by atoms with E-state index in [1.165, 1.54) is 27.7 Å². The first-order valence-electron chi connectivity index (χ1n) is 9.56. The minimum atomic E-state index is 1.01. The summed E-state index contributed by atoms with van der Waals surface area (Å²) in [7, 11) is 0. The highest BCUT2D eigenvalue weighted by Gasteiger charge is 2.18. The van der Waals surface area contributed by atoms with Crippen molar-refractivity contribution in [3.63, 3.8) is 0 Å². The summed E-state index contributed by atoms with van der Waals surface area (Å²) in [5.41, 5.74) is 5.23. The highest BCUT2D eigenvalue weighted by Crippen LogP contribution is 2.30. The lowest BCUT2D eigenvalue weighted by Crippen LogP contribution is -2.46. The molecule has 0 amide bonds. The fourth-order valence-corrected chi connectivity index (χ4v) is 3.96. The van der Waals surface area contributed by atoms with Crippen LogP contribution in [0.1, 0.15) is 5.56 Å². The van der Waals surface area contributed by atoms with E-state index in [9.17, 15) is 0 Å². The van der Waals surface area contributed by atoms with Gasteiger partial charge in [0.1, 0.15) is 0 Å². The number of rotatable bonds is 6. The quantitative estimate of drug-likeness (QED) is 0.677. The Kier molecular flexibility index (Phi) is 5.19. The zero-order valence-electron chi connectivity index (χ0n) is 15.3. The number of fused-ring (bicyclic) bond motifs is 1. The molecule has 1 aliphatic heterocycles. The van der Waals surface area contributed by atoms with Crippen LogP contribution < -0.4 is 0 Å². The molecule has 1 N–H and O–H groups in total. The number of aromatic nitrogens is 1. The van der Waals surface area contributed by atoms with E-state index in [1.54, 1.807) is 0 Å². The summed E-state index contributed by atoms with van der Waals surface area (Å²) in [4.78, 5) is 8.72. The molecule has 0 aliphatic carbocycles. The molecule has 1 saturated heterocycles. The summed E-state index contributed by atoms with van der Waals surface area (Å²) in [5, 5.41) is 1.36. The van der Waals surface area contributed by atoms with Crippen molar-refractivity contribution in [3.05, 3.63) is 72.8 Å². The maximum Gasteiger partial charge on any atom is 0.0497 e. The van der Waals surface area contributed by atoms with E-state index < -0.39 is 0 Å². The van der Waals surface area contributed by atoms with Gasteiger partial charge in [0.2, 0.25) is 0 Å². The number of nitrogens with one attached hydrogen (secondary N) is 1. The van der Waals surface area contributed by atoms with Gasteiger partial charge in [-0.15, -0.1) is 6.58 Å². The van der Waals surface area contributed by atoms with Crippen molar-refractivity contribution >= 4 is 10.9 Å². The fraction of sp³-hybridized carbons (Fsp3) is 0.304. The summed E-state index contributed by atoms with van der Waals surface area (Å²) in [6, 6.07) is 19.4. The Bertz CT molecular complexity index is 858. The largest absolute Gasteiger partial charge is 0.354 e. The molecule has 0 saturated carbocycles. The fourth-order valence-electron chi connectivity index (χ4n) is 3.96. The number of hydrogen-bond donors (Lipinski definition) is 1. The van der Waals surface area contributed by atoms with Gasteiger partial charge >= 0.3 is 0 Å². The van der Waals surface area contributed by atoms with E-state index in [-0.39, 0.29) is 0 Å². The maximum atomic E-state index is 3.85. The van der Waals surface area contributed by atoms with Gasteiger partial charge in [0.25, 0.3) is 0 Å². The first kappa shape index (κ1) is 17.1. The highest BCUT2D eigenvalue weighted by molar-refractivity contribution is 5.90. The predicted octanol–water partition coefficient (Wildman–Crippen LogP) is 4.18. The van der Waals surface area contributed by atoms with Crippen molar-refractivity contribution < 1.29 is 0 Å². The van der Waals surface area contributed by atoms with Gasteiger partial charge in [-0.05, 0) is 23.6 Å². The molecular formula is C23H27N3. The topological polar surface area (TPSA) is 22.3 Å². The van der Waals surface area contributed by atoms with Crippen LogP contribution in [0, 0.1) is 0 Å². The molecule has 2 heterocycles. The molecule has 3 aromatic rings. The molecule has 1 aliphatic rings. The second-order valence-corrected chi connectivity index (χ2v) is 7.07. The molecule has 1 aromatic heterocycles. The molecule has 0 bridgehead atoms. The van der Waals surface area contributed by atoms with Crippen LogP contribution in [0.4, 0.5) is 0 Å². The number of para-hydroxylation sites is 1.